The van der Waals surface area contributed by atoms with Gasteiger partial charge in [0.2, 0.25) is 5.91 Å². The molecule has 104 valence electrons. The molecule has 0 radical (unpaired) electrons. The molecule has 1 aromatic carbocycles. The van der Waals surface area contributed by atoms with Crippen LogP contribution in [-0.4, -0.2) is 30.4 Å². The van der Waals surface area contributed by atoms with Crippen LogP contribution >= 0.6 is 0 Å². The zero-order valence-electron chi connectivity index (χ0n) is 11.8. The number of nitrogens with zero attached hydrogens (tertiary/aromatic N) is 1. The monoisotopic (exact) mass is 260 g/mol. The standard InChI is InChI=1S/C16H24N2O/c1-13-7-3-4-8-14(13)11-15(12-17)16(19)18-9-5-2-6-10-18/h3-4,7-8,15H,2,5-6,9-12,17H2,1H3. The number of benzene rings is 1. The summed E-state index contributed by atoms with van der Waals surface area (Å²) in [4.78, 5) is 14.5. The van der Waals surface area contributed by atoms with Crippen LogP contribution in [0.1, 0.15) is 30.4 Å². The van der Waals surface area contributed by atoms with Gasteiger partial charge in [-0.25, -0.2) is 0 Å². The Balaban J connectivity index is 2.03. The quantitative estimate of drug-likeness (QED) is 0.901. The predicted molar refractivity (Wildman–Crippen MR) is 77.9 cm³/mol. The van der Waals surface area contributed by atoms with Gasteiger partial charge in [-0.1, -0.05) is 24.3 Å². The van der Waals surface area contributed by atoms with E-state index in [9.17, 15) is 4.79 Å². The van der Waals surface area contributed by atoms with Gasteiger partial charge in [0.25, 0.3) is 0 Å². The van der Waals surface area contributed by atoms with E-state index in [-0.39, 0.29) is 11.8 Å². The normalized spacial score (nSPS) is 17.3. The van der Waals surface area contributed by atoms with E-state index < -0.39 is 0 Å². The van der Waals surface area contributed by atoms with Crippen LogP contribution in [0, 0.1) is 12.8 Å². The molecule has 3 nitrogen and oxygen atoms in total. The zero-order chi connectivity index (χ0) is 13.7. The molecule has 1 aromatic rings. The molecule has 1 saturated heterocycles. The average molecular weight is 260 g/mol. The van der Waals surface area contributed by atoms with Gasteiger partial charge in [-0.05, 0) is 43.7 Å². The van der Waals surface area contributed by atoms with Crippen molar-refractivity contribution in [2.45, 2.75) is 32.6 Å². The lowest BCUT2D eigenvalue weighted by Crippen LogP contribution is -2.42. The SMILES string of the molecule is Cc1ccccc1CC(CN)C(=O)N1CCCCC1. The molecular weight excluding hydrogens is 236 g/mol. The van der Waals surface area contributed by atoms with Gasteiger partial charge in [0.15, 0.2) is 0 Å². The molecule has 1 heterocycles. The highest BCUT2D eigenvalue weighted by Gasteiger charge is 2.24. The summed E-state index contributed by atoms with van der Waals surface area (Å²) in [7, 11) is 0. The molecule has 2 rings (SSSR count). The lowest BCUT2D eigenvalue weighted by atomic mass is 9.94. The second-order valence-corrected chi connectivity index (χ2v) is 5.45. The lowest BCUT2D eigenvalue weighted by Gasteiger charge is -2.30. The van der Waals surface area contributed by atoms with Crippen molar-refractivity contribution in [1.82, 2.24) is 4.90 Å². The topological polar surface area (TPSA) is 46.3 Å². The number of hydrogen-bond acceptors (Lipinski definition) is 2. The molecule has 1 fully saturated rings. The van der Waals surface area contributed by atoms with Crippen molar-refractivity contribution in [2.24, 2.45) is 11.7 Å². The molecule has 0 aliphatic carbocycles. The second kappa shape index (κ2) is 6.71. The van der Waals surface area contributed by atoms with E-state index in [1.54, 1.807) is 0 Å². The maximum atomic E-state index is 12.5. The third-order valence-electron chi connectivity index (χ3n) is 4.03. The van der Waals surface area contributed by atoms with Gasteiger partial charge in [0.05, 0.1) is 5.92 Å². The van der Waals surface area contributed by atoms with Gasteiger partial charge in [-0.3, -0.25) is 4.79 Å². The fraction of sp³-hybridized carbons (Fsp3) is 0.562. The van der Waals surface area contributed by atoms with E-state index in [0.29, 0.717) is 6.54 Å². The van der Waals surface area contributed by atoms with E-state index in [1.807, 2.05) is 17.0 Å². The summed E-state index contributed by atoms with van der Waals surface area (Å²) < 4.78 is 0. The van der Waals surface area contributed by atoms with Crippen LogP contribution in [0.2, 0.25) is 0 Å². The average Bonchev–Trinajstić information content (AvgIpc) is 2.47. The Bertz CT molecular complexity index is 425. The number of piperidine rings is 1. The highest BCUT2D eigenvalue weighted by Crippen LogP contribution is 2.17. The van der Waals surface area contributed by atoms with E-state index >= 15 is 0 Å². The summed E-state index contributed by atoms with van der Waals surface area (Å²) in [5.41, 5.74) is 8.31. The van der Waals surface area contributed by atoms with Gasteiger partial charge >= 0.3 is 0 Å². The van der Waals surface area contributed by atoms with Crippen LogP contribution in [0.25, 0.3) is 0 Å². The first kappa shape index (κ1) is 14.1. The van der Waals surface area contributed by atoms with Crippen molar-refractivity contribution in [3.8, 4) is 0 Å². The van der Waals surface area contributed by atoms with Crippen molar-refractivity contribution in [2.75, 3.05) is 19.6 Å². The van der Waals surface area contributed by atoms with Gasteiger partial charge < -0.3 is 10.6 Å². The minimum Gasteiger partial charge on any atom is -0.342 e. The number of hydrogen-bond donors (Lipinski definition) is 1. The summed E-state index contributed by atoms with van der Waals surface area (Å²) in [6.07, 6.45) is 4.27. The molecule has 0 spiro atoms. The van der Waals surface area contributed by atoms with Crippen LogP contribution < -0.4 is 5.73 Å². The predicted octanol–water partition coefficient (Wildman–Crippen LogP) is 2.12. The number of rotatable bonds is 4. The fourth-order valence-electron chi connectivity index (χ4n) is 2.75. The summed E-state index contributed by atoms with van der Waals surface area (Å²) in [6.45, 7) is 4.34. The summed E-state index contributed by atoms with van der Waals surface area (Å²) in [5, 5.41) is 0. The minimum absolute atomic E-state index is 0.0702. The molecule has 1 unspecified atom stereocenters. The Morgan fingerprint density at radius 1 is 1.26 bits per heavy atom. The first-order chi connectivity index (χ1) is 9.22. The summed E-state index contributed by atoms with van der Waals surface area (Å²) in [5.74, 6) is 0.171. The Hall–Kier alpha value is -1.35. The van der Waals surface area contributed by atoms with E-state index in [2.05, 4.69) is 19.1 Å². The molecule has 0 aromatic heterocycles. The number of likely N-dealkylation sites (tertiary alicyclic amines) is 1. The minimum atomic E-state index is -0.0702. The molecule has 1 atom stereocenters. The molecule has 1 amide bonds. The molecule has 0 bridgehead atoms. The summed E-state index contributed by atoms with van der Waals surface area (Å²) in [6, 6.07) is 8.25. The number of carbonyl (C=O) groups excluding carboxylic acids is 1. The second-order valence-electron chi connectivity index (χ2n) is 5.45. The molecule has 3 heteroatoms. The Morgan fingerprint density at radius 2 is 1.95 bits per heavy atom. The van der Waals surface area contributed by atoms with Crippen molar-refractivity contribution in [3.63, 3.8) is 0 Å². The largest absolute Gasteiger partial charge is 0.342 e. The Labute approximate surface area is 115 Å². The Morgan fingerprint density at radius 3 is 2.58 bits per heavy atom. The molecule has 19 heavy (non-hydrogen) atoms. The van der Waals surface area contributed by atoms with Crippen LogP contribution in [-0.2, 0) is 11.2 Å². The van der Waals surface area contributed by atoms with E-state index in [4.69, 9.17) is 5.73 Å². The highest BCUT2D eigenvalue weighted by atomic mass is 16.2. The fourth-order valence-corrected chi connectivity index (χ4v) is 2.75. The van der Waals surface area contributed by atoms with Gasteiger partial charge in [-0.2, -0.15) is 0 Å². The van der Waals surface area contributed by atoms with Gasteiger partial charge in [-0.15, -0.1) is 0 Å². The van der Waals surface area contributed by atoms with E-state index in [1.165, 1.54) is 17.5 Å². The molecule has 2 N–H and O–H groups in total. The zero-order valence-corrected chi connectivity index (χ0v) is 11.8. The number of nitrogens with two attached hydrogens (primary N) is 1. The van der Waals surface area contributed by atoms with E-state index in [0.717, 1.165) is 32.4 Å². The maximum absolute atomic E-state index is 12.5. The van der Waals surface area contributed by atoms with Gasteiger partial charge in [0, 0.05) is 19.6 Å². The Kier molecular flexibility index (Phi) is 4.97. The summed E-state index contributed by atoms with van der Waals surface area (Å²) >= 11 is 0. The van der Waals surface area contributed by atoms with Crippen molar-refractivity contribution >= 4 is 5.91 Å². The maximum Gasteiger partial charge on any atom is 0.227 e. The van der Waals surface area contributed by atoms with Crippen molar-refractivity contribution < 1.29 is 4.79 Å². The molecule has 1 aliphatic rings. The molecular formula is C16H24N2O. The number of amides is 1. The van der Waals surface area contributed by atoms with Crippen LogP contribution in [0.3, 0.4) is 0 Å². The highest BCUT2D eigenvalue weighted by molar-refractivity contribution is 5.79. The number of aryl methyl sites for hydroxylation is 1. The lowest BCUT2D eigenvalue weighted by molar-refractivity contribution is -0.136. The molecule has 0 saturated carbocycles. The van der Waals surface area contributed by atoms with Crippen molar-refractivity contribution in [3.05, 3.63) is 35.4 Å². The third-order valence-corrected chi connectivity index (χ3v) is 4.03. The van der Waals surface area contributed by atoms with Crippen LogP contribution in [0.15, 0.2) is 24.3 Å². The third kappa shape index (κ3) is 3.57. The number of carbonyl (C=O) groups is 1. The first-order valence-corrected chi connectivity index (χ1v) is 7.25. The van der Waals surface area contributed by atoms with Crippen molar-refractivity contribution in [1.29, 1.82) is 0 Å². The first-order valence-electron chi connectivity index (χ1n) is 7.25. The van der Waals surface area contributed by atoms with Crippen LogP contribution in [0.4, 0.5) is 0 Å². The van der Waals surface area contributed by atoms with Crippen LogP contribution in [0.5, 0.6) is 0 Å². The molecule has 1 aliphatic heterocycles. The van der Waals surface area contributed by atoms with Gasteiger partial charge in [0.1, 0.15) is 0 Å². The smallest absolute Gasteiger partial charge is 0.227 e.